The van der Waals surface area contributed by atoms with E-state index in [2.05, 4.69) is 33.8 Å². The summed E-state index contributed by atoms with van der Waals surface area (Å²) in [5.74, 6) is -0.831. The van der Waals surface area contributed by atoms with Gasteiger partial charge in [-0.25, -0.2) is 0 Å². The first-order valence-electron chi connectivity index (χ1n) is 13.1. The van der Waals surface area contributed by atoms with Gasteiger partial charge in [0.05, 0.1) is 6.42 Å². The number of hydrogen-bond acceptors (Lipinski definition) is 4. The molecule has 0 spiro atoms. The number of carbonyl (C=O) groups is 2. The molecule has 0 aliphatic carbocycles. The smallest absolute Gasteiger partial charge is 0.304 e. The van der Waals surface area contributed by atoms with E-state index in [1.54, 1.807) is 4.90 Å². The van der Waals surface area contributed by atoms with Gasteiger partial charge in [-0.3, -0.25) is 9.59 Å². The molecular formula is C31H36N4O3. The van der Waals surface area contributed by atoms with Crippen LogP contribution in [0.2, 0.25) is 0 Å². The van der Waals surface area contributed by atoms with E-state index in [1.807, 2.05) is 80.0 Å². The Kier molecular flexibility index (Phi) is 9.67. The van der Waals surface area contributed by atoms with Crippen LogP contribution >= 0.6 is 0 Å². The first kappa shape index (κ1) is 27.1. The number of carboxylic acids is 1. The number of carboxylic acid groups (broad SMARTS) is 1. The molecule has 0 radical (unpaired) electrons. The summed E-state index contributed by atoms with van der Waals surface area (Å²) in [6.45, 7) is 1.81. The Labute approximate surface area is 223 Å². The minimum Gasteiger partial charge on any atom is -0.481 e. The maximum absolute atomic E-state index is 12.9. The molecular weight excluding hydrogens is 476 g/mol. The molecule has 0 saturated heterocycles. The topological polar surface area (TPSA) is 97.5 Å². The zero-order valence-electron chi connectivity index (χ0n) is 21.8. The third kappa shape index (κ3) is 7.78. The first-order valence-corrected chi connectivity index (χ1v) is 13.1. The van der Waals surface area contributed by atoms with Gasteiger partial charge in [0.1, 0.15) is 0 Å². The number of aliphatic carboxylic acids is 1. The van der Waals surface area contributed by atoms with E-state index < -0.39 is 5.97 Å². The van der Waals surface area contributed by atoms with Gasteiger partial charge < -0.3 is 25.6 Å². The summed E-state index contributed by atoms with van der Waals surface area (Å²) < 4.78 is 0. The maximum Gasteiger partial charge on any atom is 0.304 e. The highest BCUT2D eigenvalue weighted by Crippen LogP contribution is 2.19. The molecule has 0 bridgehead atoms. The summed E-state index contributed by atoms with van der Waals surface area (Å²) >= 11 is 0. The summed E-state index contributed by atoms with van der Waals surface area (Å²) in [7, 11) is 1.83. The predicted octanol–water partition coefficient (Wildman–Crippen LogP) is 4.12. The molecule has 3 aromatic carbocycles. The van der Waals surface area contributed by atoms with Crippen LogP contribution in [0, 0.1) is 0 Å². The molecule has 0 unspecified atom stereocenters. The Hall–Kier alpha value is -3.94. The highest BCUT2D eigenvalue weighted by Gasteiger charge is 2.19. The van der Waals surface area contributed by atoms with E-state index in [9.17, 15) is 14.7 Å². The Bertz CT molecular complexity index is 1310. The Balaban J connectivity index is 1.35. The highest BCUT2D eigenvalue weighted by molar-refractivity contribution is 5.94. The van der Waals surface area contributed by atoms with Crippen LogP contribution in [0.5, 0.6) is 0 Å². The van der Waals surface area contributed by atoms with E-state index in [-0.39, 0.29) is 24.4 Å². The van der Waals surface area contributed by atoms with Crippen LogP contribution in [0.1, 0.15) is 27.9 Å². The van der Waals surface area contributed by atoms with Gasteiger partial charge in [0.15, 0.2) is 0 Å². The van der Waals surface area contributed by atoms with Crippen molar-refractivity contribution in [1.29, 1.82) is 0 Å². The van der Waals surface area contributed by atoms with Crippen molar-refractivity contribution in [3.8, 4) is 0 Å². The zero-order valence-corrected chi connectivity index (χ0v) is 21.8. The number of rotatable bonds is 14. The molecule has 0 aliphatic heterocycles. The van der Waals surface area contributed by atoms with Gasteiger partial charge in [0, 0.05) is 61.4 Å². The summed E-state index contributed by atoms with van der Waals surface area (Å²) in [5.41, 5.74) is 4.03. The predicted molar refractivity (Wildman–Crippen MR) is 151 cm³/mol. The Morgan fingerprint density at radius 3 is 2.18 bits per heavy atom. The van der Waals surface area contributed by atoms with E-state index in [4.69, 9.17) is 0 Å². The monoisotopic (exact) mass is 512 g/mol. The van der Waals surface area contributed by atoms with Crippen LogP contribution in [0.4, 0.5) is 0 Å². The largest absolute Gasteiger partial charge is 0.481 e. The average molecular weight is 513 g/mol. The van der Waals surface area contributed by atoms with Crippen molar-refractivity contribution in [2.45, 2.75) is 31.3 Å². The van der Waals surface area contributed by atoms with Crippen LogP contribution in [-0.4, -0.2) is 65.6 Å². The molecule has 2 atom stereocenters. The summed E-state index contributed by atoms with van der Waals surface area (Å²) in [5, 5.41) is 17.6. The lowest BCUT2D eigenvalue weighted by atomic mass is 10.0. The van der Waals surface area contributed by atoms with Crippen molar-refractivity contribution in [1.82, 2.24) is 20.5 Å². The van der Waals surface area contributed by atoms with Crippen LogP contribution in [0.25, 0.3) is 10.9 Å². The fraction of sp³-hybridized carbons (Fsp3) is 0.290. The van der Waals surface area contributed by atoms with Gasteiger partial charge >= 0.3 is 5.97 Å². The highest BCUT2D eigenvalue weighted by atomic mass is 16.4. The fourth-order valence-corrected chi connectivity index (χ4v) is 4.86. The molecule has 4 rings (SSSR count). The number of benzene rings is 3. The molecule has 4 N–H and O–H groups in total. The van der Waals surface area contributed by atoms with Gasteiger partial charge in [-0.2, -0.15) is 0 Å². The van der Waals surface area contributed by atoms with E-state index in [0.29, 0.717) is 31.6 Å². The summed E-state index contributed by atoms with van der Waals surface area (Å²) in [6.07, 6.45) is 3.41. The number of likely N-dealkylation sites (N-methyl/N-ethyl adjacent to an activating group) is 1. The number of fused-ring (bicyclic) bond motifs is 1. The van der Waals surface area contributed by atoms with Crippen molar-refractivity contribution < 1.29 is 14.7 Å². The number of aromatic nitrogens is 1. The lowest BCUT2D eigenvalue weighted by Crippen LogP contribution is -2.46. The Morgan fingerprint density at radius 1 is 0.842 bits per heavy atom. The standard InChI is InChI=1S/C31H36N4O3/c1-35(31(38)24-12-6-3-7-13-24)22-27(18-23-10-4-2-5-11-23)33-17-16-32-26(20-30(36)37)19-25-21-34-29-15-9-8-14-28(25)29/h2-15,21,26-27,32-34H,16-20,22H2,1H3,(H,36,37)/t26-,27+/m0/s1. The van der Waals surface area contributed by atoms with Gasteiger partial charge in [-0.1, -0.05) is 66.7 Å². The second-order valence-corrected chi connectivity index (χ2v) is 9.71. The third-order valence-corrected chi connectivity index (χ3v) is 6.74. The van der Waals surface area contributed by atoms with E-state index >= 15 is 0 Å². The lowest BCUT2D eigenvalue weighted by molar-refractivity contribution is -0.137. The average Bonchev–Trinajstić information content (AvgIpc) is 3.34. The molecule has 0 fully saturated rings. The second-order valence-electron chi connectivity index (χ2n) is 9.71. The maximum atomic E-state index is 12.9. The van der Waals surface area contributed by atoms with Crippen molar-refractivity contribution in [3.05, 3.63) is 108 Å². The van der Waals surface area contributed by atoms with Crippen LogP contribution in [-0.2, 0) is 17.6 Å². The van der Waals surface area contributed by atoms with Gasteiger partial charge in [-0.05, 0) is 42.2 Å². The number of aromatic amines is 1. The first-order chi connectivity index (χ1) is 18.5. The molecule has 1 heterocycles. The van der Waals surface area contributed by atoms with Crippen LogP contribution in [0.3, 0.4) is 0 Å². The van der Waals surface area contributed by atoms with Crippen LogP contribution < -0.4 is 10.6 Å². The number of carbonyl (C=O) groups excluding carboxylic acids is 1. The summed E-state index contributed by atoms with van der Waals surface area (Å²) in [4.78, 5) is 29.5. The van der Waals surface area contributed by atoms with Crippen molar-refractivity contribution in [2.75, 3.05) is 26.7 Å². The SMILES string of the molecule is CN(C[C@@H](Cc1ccccc1)NCCN[C@H](CC(=O)O)Cc1c[nH]c2ccccc12)C(=O)c1ccccc1. The molecule has 1 amide bonds. The third-order valence-electron chi connectivity index (χ3n) is 6.74. The number of nitrogens with zero attached hydrogens (tertiary/aromatic N) is 1. The molecule has 38 heavy (non-hydrogen) atoms. The Morgan fingerprint density at radius 2 is 1.47 bits per heavy atom. The lowest BCUT2D eigenvalue weighted by Gasteiger charge is -2.26. The number of H-pyrrole nitrogens is 1. The molecule has 0 aliphatic rings. The zero-order chi connectivity index (χ0) is 26.7. The van der Waals surface area contributed by atoms with Crippen molar-refractivity contribution >= 4 is 22.8 Å². The van der Waals surface area contributed by atoms with Crippen LogP contribution in [0.15, 0.2) is 91.1 Å². The number of hydrogen-bond donors (Lipinski definition) is 4. The van der Waals surface area contributed by atoms with E-state index in [0.717, 1.165) is 22.9 Å². The number of nitrogens with one attached hydrogen (secondary N) is 3. The van der Waals surface area contributed by atoms with Crippen molar-refractivity contribution in [2.24, 2.45) is 0 Å². The van der Waals surface area contributed by atoms with Gasteiger partial charge in [0.25, 0.3) is 5.91 Å². The normalized spacial score (nSPS) is 12.8. The van der Waals surface area contributed by atoms with E-state index in [1.165, 1.54) is 5.56 Å². The summed E-state index contributed by atoms with van der Waals surface area (Å²) in [6, 6.07) is 27.5. The minimum atomic E-state index is -0.821. The second kappa shape index (κ2) is 13.6. The minimum absolute atomic E-state index is 0.0103. The number of amides is 1. The molecule has 7 heteroatoms. The van der Waals surface area contributed by atoms with Gasteiger partial charge in [-0.15, -0.1) is 0 Å². The molecule has 7 nitrogen and oxygen atoms in total. The fourth-order valence-electron chi connectivity index (χ4n) is 4.86. The molecule has 198 valence electrons. The van der Waals surface area contributed by atoms with Gasteiger partial charge in [0.2, 0.25) is 0 Å². The quantitative estimate of drug-likeness (QED) is 0.191. The molecule has 1 aromatic heterocycles. The molecule has 0 saturated carbocycles. The van der Waals surface area contributed by atoms with Crippen molar-refractivity contribution in [3.63, 3.8) is 0 Å². The number of para-hydroxylation sites is 1. The molecule has 4 aromatic rings.